The highest BCUT2D eigenvalue weighted by atomic mass is 19.1. The van der Waals surface area contributed by atoms with Crippen LogP contribution in [0.1, 0.15) is 18.9 Å². The highest BCUT2D eigenvalue weighted by Crippen LogP contribution is 2.38. The van der Waals surface area contributed by atoms with Gasteiger partial charge in [-0.3, -0.25) is 0 Å². The summed E-state index contributed by atoms with van der Waals surface area (Å²) in [4.78, 5) is 0. The van der Waals surface area contributed by atoms with Crippen molar-refractivity contribution in [3.05, 3.63) is 53.4 Å². The molecule has 0 saturated carbocycles. The molecule has 0 amide bonds. The van der Waals surface area contributed by atoms with Crippen LogP contribution in [0.15, 0.2) is 42.0 Å². The van der Waals surface area contributed by atoms with Crippen molar-refractivity contribution in [2.75, 3.05) is 18.9 Å². The number of halogens is 1. The molecule has 0 saturated heterocycles. The Kier molecular flexibility index (Phi) is 3.53. The first-order valence-electron chi connectivity index (χ1n) is 6.16. The van der Waals surface area contributed by atoms with Crippen LogP contribution in [0.25, 0.3) is 0 Å². The van der Waals surface area contributed by atoms with Crippen LogP contribution in [0.5, 0.6) is 0 Å². The maximum absolute atomic E-state index is 14.2. The molecule has 0 aromatic heterocycles. The molecule has 2 nitrogen and oxygen atoms in total. The molecule has 1 aliphatic rings. The number of hydrogen-bond donors (Lipinski definition) is 2. The van der Waals surface area contributed by atoms with Gasteiger partial charge in [-0.15, -0.1) is 0 Å². The van der Waals surface area contributed by atoms with E-state index in [1.165, 1.54) is 11.6 Å². The fourth-order valence-electron chi connectivity index (χ4n) is 2.45. The number of anilines is 1. The standard InChI is InChI=1S/C15H19FN2/c1-11-6-8-15(10-17,9-7-11)14-12(16)4-3-5-13(14)18-2/h3-8,18H,9-10,17H2,1-2H3. The summed E-state index contributed by atoms with van der Waals surface area (Å²) in [5, 5.41) is 3.05. The van der Waals surface area contributed by atoms with E-state index in [1.54, 1.807) is 13.1 Å². The SMILES string of the molecule is CNc1cccc(F)c1C1(CN)C=CC(C)=CC1. The monoisotopic (exact) mass is 246 g/mol. The summed E-state index contributed by atoms with van der Waals surface area (Å²) in [6.07, 6.45) is 6.89. The van der Waals surface area contributed by atoms with Gasteiger partial charge in [-0.1, -0.05) is 29.9 Å². The van der Waals surface area contributed by atoms with Gasteiger partial charge >= 0.3 is 0 Å². The lowest BCUT2D eigenvalue weighted by Crippen LogP contribution is -2.35. The van der Waals surface area contributed by atoms with E-state index in [-0.39, 0.29) is 5.82 Å². The average Bonchev–Trinajstić information content (AvgIpc) is 2.40. The largest absolute Gasteiger partial charge is 0.388 e. The molecule has 0 spiro atoms. The summed E-state index contributed by atoms with van der Waals surface area (Å²) in [5.41, 5.74) is 8.15. The van der Waals surface area contributed by atoms with Gasteiger partial charge in [0.1, 0.15) is 5.82 Å². The maximum Gasteiger partial charge on any atom is 0.129 e. The van der Waals surface area contributed by atoms with Gasteiger partial charge in [-0.05, 0) is 25.5 Å². The van der Waals surface area contributed by atoms with Crippen molar-refractivity contribution in [3.63, 3.8) is 0 Å². The molecule has 3 heteroatoms. The molecule has 18 heavy (non-hydrogen) atoms. The van der Waals surface area contributed by atoms with Crippen molar-refractivity contribution in [1.29, 1.82) is 0 Å². The van der Waals surface area contributed by atoms with Crippen molar-refractivity contribution < 1.29 is 4.39 Å². The van der Waals surface area contributed by atoms with E-state index in [4.69, 9.17) is 5.73 Å². The molecular weight excluding hydrogens is 227 g/mol. The highest BCUT2D eigenvalue weighted by molar-refractivity contribution is 5.58. The Balaban J connectivity index is 2.56. The third-order valence-electron chi connectivity index (χ3n) is 3.60. The van der Waals surface area contributed by atoms with Gasteiger partial charge in [-0.25, -0.2) is 4.39 Å². The summed E-state index contributed by atoms with van der Waals surface area (Å²) in [7, 11) is 1.80. The molecule has 3 N–H and O–H groups in total. The number of allylic oxidation sites excluding steroid dienone is 3. The summed E-state index contributed by atoms with van der Waals surface area (Å²) in [5.74, 6) is -0.204. The Morgan fingerprint density at radius 3 is 2.78 bits per heavy atom. The summed E-state index contributed by atoms with van der Waals surface area (Å²) < 4.78 is 14.2. The summed E-state index contributed by atoms with van der Waals surface area (Å²) >= 11 is 0. The number of hydrogen-bond acceptors (Lipinski definition) is 2. The Hall–Kier alpha value is -1.61. The van der Waals surface area contributed by atoms with Crippen LogP contribution in [-0.2, 0) is 5.41 Å². The molecule has 96 valence electrons. The topological polar surface area (TPSA) is 38.0 Å². The third-order valence-corrected chi connectivity index (χ3v) is 3.60. The molecule has 1 aromatic carbocycles. The minimum atomic E-state index is -0.441. The van der Waals surface area contributed by atoms with E-state index >= 15 is 0 Å². The minimum Gasteiger partial charge on any atom is -0.388 e. The maximum atomic E-state index is 14.2. The number of rotatable bonds is 3. The van der Waals surface area contributed by atoms with Crippen molar-refractivity contribution in [2.45, 2.75) is 18.8 Å². The third kappa shape index (κ3) is 2.06. The molecule has 1 aromatic rings. The van der Waals surface area contributed by atoms with Crippen LogP contribution in [0, 0.1) is 5.82 Å². The molecule has 1 aliphatic carbocycles. The first kappa shape index (κ1) is 12.8. The van der Waals surface area contributed by atoms with E-state index < -0.39 is 5.41 Å². The molecule has 0 heterocycles. The Labute approximate surface area is 107 Å². The fourth-order valence-corrected chi connectivity index (χ4v) is 2.45. The van der Waals surface area contributed by atoms with E-state index in [0.717, 1.165) is 12.1 Å². The van der Waals surface area contributed by atoms with Crippen LogP contribution in [0.4, 0.5) is 10.1 Å². The van der Waals surface area contributed by atoms with Crippen LogP contribution < -0.4 is 11.1 Å². The van der Waals surface area contributed by atoms with Gasteiger partial charge in [0.15, 0.2) is 0 Å². The predicted molar refractivity (Wildman–Crippen MR) is 74.2 cm³/mol. The van der Waals surface area contributed by atoms with Crippen molar-refractivity contribution in [1.82, 2.24) is 0 Å². The Morgan fingerprint density at radius 2 is 2.22 bits per heavy atom. The molecule has 0 radical (unpaired) electrons. The van der Waals surface area contributed by atoms with E-state index in [2.05, 4.69) is 11.4 Å². The van der Waals surface area contributed by atoms with Gasteiger partial charge in [0.25, 0.3) is 0 Å². The number of nitrogens with two attached hydrogens (primary N) is 1. The van der Waals surface area contributed by atoms with Crippen molar-refractivity contribution in [2.24, 2.45) is 5.73 Å². The second-order valence-corrected chi connectivity index (χ2v) is 4.76. The van der Waals surface area contributed by atoms with Gasteiger partial charge in [0, 0.05) is 30.3 Å². The zero-order valence-electron chi connectivity index (χ0n) is 10.8. The Morgan fingerprint density at radius 1 is 1.44 bits per heavy atom. The van der Waals surface area contributed by atoms with Gasteiger partial charge in [-0.2, -0.15) is 0 Å². The molecule has 0 fully saturated rings. The van der Waals surface area contributed by atoms with Crippen molar-refractivity contribution >= 4 is 5.69 Å². The van der Waals surface area contributed by atoms with E-state index in [1.807, 2.05) is 25.1 Å². The van der Waals surface area contributed by atoms with Crippen LogP contribution >= 0.6 is 0 Å². The normalized spacial score (nSPS) is 22.8. The molecule has 0 bridgehead atoms. The number of nitrogens with one attached hydrogen (secondary N) is 1. The average molecular weight is 246 g/mol. The van der Waals surface area contributed by atoms with Crippen LogP contribution in [-0.4, -0.2) is 13.6 Å². The second-order valence-electron chi connectivity index (χ2n) is 4.76. The zero-order chi connectivity index (χ0) is 13.2. The second kappa shape index (κ2) is 4.94. The zero-order valence-corrected chi connectivity index (χ0v) is 10.8. The van der Waals surface area contributed by atoms with E-state index in [0.29, 0.717) is 12.1 Å². The molecular formula is C15H19FN2. The van der Waals surface area contributed by atoms with Crippen LogP contribution in [0.3, 0.4) is 0 Å². The van der Waals surface area contributed by atoms with Crippen LogP contribution in [0.2, 0.25) is 0 Å². The van der Waals surface area contributed by atoms with Gasteiger partial charge in [0.05, 0.1) is 0 Å². The lowest BCUT2D eigenvalue weighted by Gasteiger charge is -2.33. The quantitative estimate of drug-likeness (QED) is 0.860. The van der Waals surface area contributed by atoms with Gasteiger partial charge in [0.2, 0.25) is 0 Å². The lowest BCUT2D eigenvalue weighted by atomic mass is 9.73. The van der Waals surface area contributed by atoms with E-state index in [9.17, 15) is 4.39 Å². The molecule has 1 atom stereocenters. The molecule has 0 aliphatic heterocycles. The molecule has 1 unspecified atom stereocenters. The predicted octanol–water partition coefficient (Wildman–Crippen LogP) is 2.97. The van der Waals surface area contributed by atoms with Gasteiger partial charge < -0.3 is 11.1 Å². The Bertz CT molecular complexity index is 505. The lowest BCUT2D eigenvalue weighted by molar-refractivity contribution is 0.502. The first-order valence-corrected chi connectivity index (χ1v) is 6.16. The highest BCUT2D eigenvalue weighted by Gasteiger charge is 2.33. The number of benzene rings is 1. The molecule has 2 rings (SSSR count). The summed E-state index contributed by atoms with van der Waals surface area (Å²) in [6.45, 7) is 2.43. The smallest absolute Gasteiger partial charge is 0.129 e. The minimum absolute atomic E-state index is 0.204. The summed E-state index contributed by atoms with van der Waals surface area (Å²) in [6, 6.07) is 5.09. The fraction of sp³-hybridized carbons (Fsp3) is 0.333. The van der Waals surface area contributed by atoms with Crippen molar-refractivity contribution in [3.8, 4) is 0 Å². The first-order chi connectivity index (χ1) is 8.63.